The number of phenolic OH excluding ortho intramolecular Hbond substituents is 1. The van der Waals surface area contributed by atoms with Gasteiger partial charge in [0, 0.05) is 5.56 Å². The number of hydrazone groups is 1. The average Bonchev–Trinajstić information content (AvgIpc) is 3.06. The van der Waals surface area contributed by atoms with Gasteiger partial charge in [-0.05, 0) is 35.9 Å². The lowest BCUT2D eigenvalue weighted by Gasteiger charge is -2.09. The molecule has 22 heavy (non-hydrogen) atoms. The number of carbonyl (C=O) groups excluding carboxylic acids is 1. The molecule has 1 heterocycles. The number of hydrogen-bond donors (Lipinski definition) is 2. The Bertz CT molecular complexity index is 851. The molecule has 0 atom stereocenters. The van der Waals surface area contributed by atoms with Crippen LogP contribution in [0.3, 0.4) is 0 Å². The van der Waals surface area contributed by atoms with Crippen molar-refractivity contribution in [2.75, 3.05) is 0 Å². The van der Waals surface area contributed by atoms with Crippen LogP contribution in [0, 0.1) is 0 Å². The van der Waals surface area contributed by atoms with Crippen LogP contribution in [0.15, 0.2) is 64.3 Å². The highest BCUT2D eigenvalue weighted by Crippen LogP contribution is 2.27. The Morgan fingerprint density at radius 1 is 1.14 bits per heavy atom. The Morgan fingerprint density at radius 2 is 1.95 bits per heavy atom. The largest absolute Gasteiger partial charge is 0.507 e. The molecule has 0 radical (unpaired) electrons. The SMILES string of the molecule is C/C(=N\NC(=O)c1ccco1)c1c(O)ccc2ccccc12. The second kappa shape index (κ2) is 5.73. The first-order chi connectivity index (χ1) is 10.7. The maximum atomic E-state index is 11.8. The van der Waals surface area contributed by atoms with Crippen LogP contribution in [0.1, 0.15) is 23.0 Å². The molecule has 0 spiro atoms. The van der Waals surface area contributed by atoms with Crippen molar-refractivity contribution in [1.29, 1.82) is 0 Å². The van der Waals surface area contributed by atoms with E-state index in [4.69, 9.17) is 4.42 Å². The molecule has 3 rings (SSSR count). The van der Waals surface area contributed by atoms with Crippen LogP contribution < -0.4 is 5.43 Å². The number of rotatable bonds is 3. The summed E-state index contributed by atoms with van der Waals surface area (Å²) in [4.78, 5) is 11.8. The maximum absolute atomic E-state index is 11.8. The minimum atomic E-state index is -0.441. The van der Waals surface area contributed by atoms with Gasteiger partial charge in [-0.3, -0.25) is 4.79 Å². The van der Waals surface area contributed by atoms with E-state index in [0.717, 1.165) is 10.8 Å². The molecular weight excluding hydrogens is 280 g/mol. The molecule has 0 aliphatic heterocycles. The Labute approximate surface area is 126 Å². The molecule has 0 unspecified atom stereocenters. The third kappa shape index (κ3) is 2.56. The van der Waals surface area contributed by atoms with Crippen LogP contribution in [0.4, 0.5) is 0 Å². The highest BCUT2D eigenvalue weighted by molar-refractivity contribution is 6.12. The molecule has 0 aliphatic carbocycles. The number of phenols is 1. The van der Waals surface area contributed by atoms with Crippen molar-refractivity contribution in [2.24, 2.45) is 5.10 Å². The quantitative estimate of drug-likeness (QED) is 0.575. The Hall–Kier alpha value is -3.08. The van der Waals surface area contributed by atoms with Crippen molar-refractivity contribution in [3.05, 3.63) is 66.1 Å². The van der Waals surface area contributed by atoms with Crippen molar-refractivity contribution in [3.8, 4) is 5.75 Å². The van der Waals surface area contributed by atoms with Crippen molar-refractivity contribution in [2.45, 2.75) is 6.92 Å². The molecule has 0 bridgehead atoms. The number of nitrogens with one attached hydrogen (secondary N) is 1. The number of hydrogen-bond acceptors (Lipinski definition) is 4. The zero-order valence-electron chi connectivity index (χ0n) is 11.9. The van der Waals surface area contributed by atoms with Gasteiger partial charge in [0.1, 0.15) is 5.75 Å². The normalized spacial score (nSPS) is 11.6. The summed E-state index contributed by atoms with van der Waals surface area (Å²) in [5.41, 5.74) is 3.52. The smallest absolute Gasteiger partial charge is 0.307 e. The van der Waals surface area contributed by atoms with E-state index in [1.807, 2.05) is 30.3 Å². The zero-order chi connectivity index (χ0) is 15.5. The number of furan rings is 1. The summed E-state index contributed by atoms with van der Waals surface area (Å²) < 4.78 is 5.00. The fourth-order valence-electron chi connectivity index (χ4n) is 2.29. The summed E-state index contributed by atoms with van der Waals surface area (Å²) in [5, 5.41) is 16.0. The summed E-state index contributed by atoms with van der Waals surface area (Å²) in [7, 11) is 0. The van der Waals surface area contributed by atoms with E-state index < -0.39 is 5.91 Å². The second-order valence-electron chi connectivity index (χ2n) is 4.80. The van der Waals surface area contributed by atoms with Crippen molar-refractivity contribution in [1.82, 2.24) is 5.43 Å². The Morgan fingerprint density at radius 3 is 2.73 bits per heavy atom. The van der Waals surface area contributed by atoms with Crippen LogP contribution in [0.25, 0.3) is 10.8 Å². The molecule has 5 heteroatoms. The molecule has 0 saturated carbocycles. The lowest BCUT2D eigenvalue weighted by molar-refractivity contribution is 0.0927. The predicted molar refractivity (Wildman–Crippen MR) is 84.0 cm³/mol. The van der Waals surface area contributed by atoms with Crippen LogP contribution in [-0.4, -0.2) is 16.7 Å². The van der Waals surface area contributed by atoms with Gasteiger partial charge in [-0.1, -0.05) is 30.3 Å². The van der Waals surface area contributed by atoms with Gasteiger partial charge in [-0.2, -0.15) is 5.10 Å². The van der Waals surface area contributed by atoms with Crippen LogP contribution in [0.5, 0.6) is 5.75 Å². The van der Waals surface area contributed by atoms with E-state index >= 15 is 0 Å². The van der Waals surface area contributed by atoms with E-state index in [1.54, 1.807) is 25.1 Å². The number of carbonyl (C=O) groups is 1. The van der Waals surface area contributed by atoms with Crippen molar-refractivity contribution in [3.63, 3.8) is 0 Å². The number of nitrogens with zero attached hydrogens (tertiary/aromatic N) is 1. The van der Waals surface area contributed by atoms with E-state index in [2.05, 4.69) is 10.5 Å². The Kier molecular flexibility index (Phi) is 3.62. The third-order valence-corrected chi connectivity index (χ3v) is 3.34. The summed E-state index contributed by atoms with van der Waals surface area (Å²) in [6, 6.07) is 14.3. The lowest BCUT2D eigenvalue weighted by Crippen LogP contribution is -2.18. The summed E-state index contributed by atoms with van der Waals surface area (Å²) in [5.74, 6) is -0.144. The van der Waals surface area contributed by atoms with E-state index in [9.17, 15) is 9.90 Å². The standard InChI is InChI=1S/C17H14N2O3/c1-11(18-19-17(21)15-7-4-10-22-15)16-13-6-3-2-5-12(13)8-9-14(16)20/h2-10,20H,1H3,(H,19,21)/b18-11+. The topological polar surface area (TPSA) is 74.8 Å². The molecular formula is C17H14N2O3. The lowest BCUT2D eigenvalue weighted by atomic mass is 10.0. The fraction of sp³-hybridized carbons (Fsp3) is 0.0588. The molecule has 110 valence electrons. The first-order valence-electron chi connectivity index (χ1n) is 6.76. The number of aromatic hydroxyl groups is 1. The average molecular weight is 294 g/mol. The van der Waals surface area contributed by atoms with Gasteiger partial charge in [0.25, 0.3) is 0 Å². The molecule has 0 fully saturated rings. The molecule has 1 aromatic heterocycles. The first-order valence-corrected chi connectivity index (χ1v) is 6.76. The molecule has 2 N–H and O–H groups in total. The number of fused-ring (bicyclic) bond motifs is 1. The Balaban J connectivity index is 1.95. The van der Waals surface area contributed by atoms with Crippen LogP contribution in [-0.2, 0) is 0 Å². The molecule has 0 saturated heterocycles. The second-order valence-corrected chi connectivity index (χ2v) is 4.80. The summed E-state index contributed by atoms with van der Waals surface area (Å²) in [6.07, 6.45) is 1.42. The third-order valence-electron chi connectivity index (χ3n) is 3.34. The van der Waals surface area contributed by atoms with Gasteiger partial charge in [-0.25, -0.2) is 5.43 Å². The van der Waals surface area contributed by atoms with Crippen molar-refractivity contribution < 1.29 is 14.3 Å². The predicted octanol–water partition coefficient (Wildman–Crippen LogP) is 3.29. The van der Waals surface area contributed by atoms with E-state index in [1.165, 1.54) is 6.26 Å². The molecule has 3 aromatic rings. The van der Waals surface area contributed by atoms with Gasteiger partial charge < -0.3 is 9.52 Å². The van der Waals surface area contributed by atoms with Crippen molar-refractivity contribution >= 4 is 22.4 Å². The van der Waals surface area contributed by atoms with Gasteiger partial charge in [-0.15, -0.1) is 0 Å². The molecule has 0 aliphatic rings. The molecule has 2 aromatic carbocycles. The highest BCUT2D eigenvalue weighted by atomic mass is 16.3. The van der Waals surface area contributed by atoms with Gasteiger partial charge in [0.15, 0.2) is 5.76 Å². The maximum Gasteiger partial charge on any atom is 0.307 e. The number of benzene rings is 2. The van der Waals surface area contributed by atoms with Gasteiger partial charge >= 0.3 is 5.91 Å². The fourth-order valence-corrected chi connectivity index (χ4v) is 2.29. The van der Waals surface area contributed by atoms with Crippen LogP contribution in [0.2, 0.25) is 0 Å². The van der Waals surface area contributed by atoms with Gasteiger partial charge in [0.2, 0.25) is 0 Å². The molecule has 5 nitrogen and oxygen atoms in total. The zero-order valence-corrected chi connectivity index (χ0v) is 11.9. The summed E-state index contributed by atoms with van der Waals surface area (Å²) in [6.45, 7) is 1.73. The van der Waals surface area contributed by atoms with E-state index in [0.29, 0.717) is 11.3 Å². The first kappa shape index (κ1) is 13.9. The minimum absolute atomic E-state index is 0.118. The van der Waals surface area contributed by atoms with E-state index in [-0.39, 0.29) is 11.5 Å². The molecule has 1 amide bonds. The van der Waals surface area contributed by atoms with Crippen LogP contribution >= 0.6 is 0 Å². The minimum Gasteiger partial charge on any atom is -0.507 e. The summed E-state index contributed by atoms with van der Waals surface area (Å²) >= 11 is 0. The number of amides is 1. The monoisotopic (exact) mass is 294 g/mol. The van der Waals surface area contributed by atoms with Gasteiger partial charge in [0.05, 0.1) is 12.0 Å². The highest BCUT2D eigenvalue weighted by Gasteiger charge is 2.11.